The van der Waals surface area contributed by atoms with Gasteiger partial charge in [0.2, 0.25) is 6.79 Å². The van der Waals surface area contributed by atoms with Crippen LogP contribution in [0.2, 0.25) is 0 Å². The first-order valence-electron chi connectivity index (χ1n) is 5.21. The molecule has 0 saturated carbocycles. The van der Waals surface area contributed by atoms with Gasteiger partial charge in [0.25, 0.3) is 6.20 Å². The van der Waals surface area contributed by atoms with E-state index >= 15 is 0 Å². The van der Waals surface area contributed by atoms with Gasteiger partial charge >= 0.3 is 0 Å². The maximum absolute atomic E-state index is 10.4. The smallest absolute Gasteiger partial charge is 0.263 e. The van der Waals surface area contributed by atoms with E-state index < -0.39 is 4.92 Å². The fourth-order valence-electron chi connectivity index (χ4n) is 1.51. The third-order valence-electron chi connectivity index (χ3n) is 2.35. The largest absolute Gasteiger partial charge is 0.454 e. The number of nitrogens with zero attached hydrogens (tertiary/aromatic N) is 1. The van der Waals surface area contributed by atoms with Crippen LogP contribution in [0, 0.1) is 10.1 Å². The molecule has 6 nitrogen and oxygen atoms in total. The molecular formula is C11H12N2O4S. The Morgan fingerprint density at radius 1 is 1.56 bits per heavy atom. The van der Waals surface area contributed by atoms with E-state index in [2.05, 4.69) is 5.32 Å². The first-order valence-corrected chi connectivity index (χ1v) is 6.43. The molecule has 0 radical (unpaired) electrons. The predicted molar refractivity (Wildman–Crippen MR) is 68.0 cm³/mol. The lowest BCUT2D eigenvalue weighted by atomic mass is 10.2. The van der Waals surface area contributed by atoms with Crippen molar-refractivity contribution in [3.05, 3.63) is 45.1 Å². The Balaban J connectivity index is 2.00. The van der Waals surface area contributed by atoms with Gasteiger partial charge in [-0.1, -0.05) is 6.07 Å². The molecule has 0 aliphatic carbocycles. The lowest BCUT2D eigenvalue weighted by Crippen LogP contribution is -2.11. The Morgan fingerprint density at radius 2 is 2.33 bits per heavy atom. The standard InChI is InChI=1S/C11H12N2O4S/c1-18-11(6-13(14)15)12-5-8-2-3-9-10(4-8)17-7-16-9/h2-4,6,12H,5,7H2,1H3/b11-6-. The number of hydrogen-bond donors (Lipinski definition) is 1. The van der Waals surface area contributed by atoms with Crippen molar-refractivity contribution in [3.8, 4) is 11.5 Å². The van der Waals surface area contributed by atoms with E-state index in [1.807, 2.05) is 18.2 Å². The van der Waals surface area contributed by atoms with Gasteiger partial charge in [0.05, 0.1) is 4.92 Å². The zero-order valence-corrected chi connectivity index (χ0v) is 10.5. The summed E-state index contributed by atoms with van der Waals surface area (Å²) < 4.78 is 10.5. The number of fused-ring (bicyclic) bond motifs is 1. The molecule has 1 heterocycles. The fourth-order valence-corrected chi connectivity index (χ4v) is 1.91. The Morgan fingerprint density at radius 3 is 3.06 bits per heavy atom. The second-order valence-corrected chi connectivity index (χ2v) is 4.37. The second-order valence-electron chi connectivity index (χ2n) is 3.52. The third-order valence-corrected chi connectivity index (χ3v) is 3.04. The van der Waals surface area contributed by atoms with Crippen LogP contribution in [0.15, 0.2) is 29.4 Å². The van der Waals surface area contributed by atoms with Crippen molar-refractivity contribution in [2.75, 3.05) is 13.0 Å². The van der Waals surface area contributed by atoms with Crippen molar-refractivity contribution in [1.82, 2.24) is 5.32 Å². The van der Waals surface area contributed by atoms with E-state index in [1.54, 1.807) is 6.26 Å². The Labute approximate surface area is 108 Å². The van der Waals surface area contributed by atoms with Crippen LogP contribution < -0.4 is 14.8 Å². The summed E-state index contributed by atoms with van der Waals surface area (Å²) in [5, 5.41) is 13.9. The van der Waals surface area contributed by atoms with E-state index in [0.717, 1.165) is 17.5 Å². The van der Waals surface area contributed by atoms with Crippen LogP contribution in [0.4, 0.5) is 0 Å². The number of thioether (sulfide) groups is 1. The van der Waals surface area contributed by atoms with Gasteiger partial charge < -0.3 is 14.8 Å². The number of nitro groups is 1. The molecule has 18 heavy (non-hydrogen) atoms. The molecular weight excluding hydrogens is 256 g/mol. The Hall–Kier alpha value is -1.89. The SMILES string of the molecule is CS/C(=C\[N+](=O)[O-])NCc1ccc2c(c1)OCO2. The quantitative estimate of drug-likeness (QED) is 0.650. The van der Waals surface area contributed by atoms with E-state index in [0.29, 0.717) is 17.3 Å². The summed E-state index contributed by atoms with van der Waals surface area (Å²) >= 11 is 1.30. The maximum Gasteiger partial charge on any atom is 0.263 e. The molecule has 0 aromatic heterocycles. The third kappa shape index (κ3) is 3.07. The van der Waals surface area contributed by atoms with Gasteiger partial charge in [0.15, 0.2) is 11.5 Å². The molecule has 96 valence electrons. The molecule has 1 aromatic rings. The van der Waals surface area contributed by atoms with Crippen LogP contribution in [-0.4, -0.2) is 18.0 Å². The molecule has 7 heteroatoms. The Kier molecular flexibility index (Phi) is 3.93. The van der Waals surface area contributed by atoms with Gasteiger partial charge in [-0.05, 0) is 24.0 Å². The zero-order chi connectivity index (χ0) is 13.0. The molecule has 1 aromatic carbocycles. The molecule has 2 rings (SSSR count). The van der Waals surface area contributed by atoms with Gasteiger partial charge in [0, 0.05) is 6.54 Å². The van der Waals surface area contributed by atoms with E-state index in [1.165, 1.54) is 11.8 Å². The summed E-state index contributed by atoms with van der Waals surface area (Å²) in [7, 11) is 0. The summed E-state index contributed by atoms with van der Waals surface area (Å²) in [6.07, 6.45) is 2.74. The average molecular weight is 268 g/mol. The molecule has 0 spiro atoms. The molecule has 0 unspecified atom stereocenters. The number of hydrogen-bond acceptors (Lipinski definition) is 6. The van der Waals surface area contributed by atoms with Gasteiger partial charge in [0.1, 0.15) is 5.03 Å². The topological polar surface area (TPSA) is 73.6 Å². The number of rotatable bonds is 5. The Bertz CT molecular complexity index is 490. The highest BCUT2D eigenvalue weighted by atomic mass is 32.2. The summed E-state index contributed by atoms with van der Waals surface area (Å²) in [5.41, 5.74) is 0.975. The molecule has 1 N–H and O–H groups in total. The minimum atomic E-state index is -0.474. The summed E-state index contributed by atoms with van der Waals surface area (Å²) in [6.45, 7) is 0.737. The fraction of sp³-hybridized carbons (Fsp3) is 0.273. The van der Waals surface area contributed by atoms with Gasteiger partial charge in [-0.3, -0.25) is 10.1 Å². The minimum absolute atomic E-state index is 0.240. The van der Waals surface area contributed by atoms with Crippen LogP contribution in [0.3, 0.4) is 0 Å². The molecule has 1 aliphatic heterocycles. The highest BCUT2D eigenvalue weighted by molar-refractivity contribution is 8.02. The highest BCUT2D eigenvalue weighted by Gasteiger charge is 2.13. The van der Waals surface area contributed by atoms with Crippen molar-refractivity contribution >= 4 is 11.8 Å². The van der Waals surface area contributed by atoms with Crippen molar-refractivity contribution in [2.45, 2.75) is 6.54 Å². The van der Waals surface area contributed by atoms with E-state index in [4.69, 9.17) is 9.47 Å². The van der Waals surface area contributed by atoms with Crippen LogP contribution >= 0.6 is 11.8 Å². The van der Waals surface area contributed by atoms with E-state index in [-0.39, 0.29) is 6.79 Å². The van der Waals surface area contributed by atoms with Crippen molar-refractivity contribution in [3.63, 3.8) is 0 Å². The minimum Gasteiger partial charge on any atom is -0.454 e. The van der Waals surface area contributed by atoms with Crippen molar-refractivity contribution in [2.24, 2.45) is 0 Å². The average Bonchev–Trinajstić information content (AvgIpc) is 2.81. The lowest BCUT2D eigenvalue weighted by molar-refractivity contribution is -0.403. The first-order chi connectivity index (χ1) is 8.69. The van der Waals surface area contributed by atoms with Crippen molar-refractivity contribution < 1.29 is 14.4 Å². The molecule has 0 fully saturated rings. The van der Waals surface area contributed by atoms with Gasteiger partial charge in [-0.15, -0.1) is 11.8 Å². The maximum atomic E-state index is 10.4. The van der Waals surface area contributed by atoms with Crippen LogP contribution in [0.5, 0.6) is 11.5 Å². The molecule has 0 bridgehead atoms. The predicted octanol–water partition coefficient (Wildman–Crippen LogP) is 1.94. The van der Waals surface area contributed by atoms with Crippen LogP contribution in [0.1, 0.15) is 5.56 Å². The molecule has 0 atom stereocenters. The van der Waals surface area contributed by atoms with Gasteiger partial charge in [-0.2, -0.15) is 0 Å². The zero-order valence-electron chi connectivity index (χ0n) is 9.71. The molecule has 1 aliphatic rings. The summed E-state index contributed by atoms with van der Waals surface area (Å²) in [4.78, 5) is 9.90. The van der Waals surface area contributed by atoms with E-state index in [9.17, 15) is 10.1 Å². The number of benzene rings is 1. The first kappa shape index (κ1) is 12.6. The summed E-state index contributed by atoms with van der Waals surface area (Å²) in [6, 6.07) is 5.58. The molecule has 0 amide bonds. The van der Waals surface area contributed by atoms with Crippen molar-refractivity contribution in [1.29, 1.82) is 0 Å². The highest BCUT2D eigenvalue weighted by Crippen LogP contribution is 2.32. The lowest BCUT2D eigenvalue weighted by Gasteiger charge is -2.06. The summed E-state index contributed by atoms with van der Waals surface area (Å²) in [5.74, 6) is 1.43. The number of ether oxygens (including phenoxy) is 2. The number of nitrogens with one attached hydrogen (secondary N) is 1. The normalized spacial score (nSPS) is 13.5. The second kappa shape index (κ2) is 5.63. The van der Waals surface area contributed by atoms with Gasteiger partial charge in [-0.25, -0.2) is 0 Å². The van der Waals surface area contributed by atoms with Crippen LogP contribution in [0.25, 0.3) is 0 Å². The monoisotopic (exact) mass is 268 g/mol. The molecule has 0 saturated heterocycles. The van der Waals surface area contributed by atoms with Crippen LogP contribution in [-0.2, 0) is 6.54 Å².